The lowest BCUT2D eigenvalue weighted by Crippen LogP contribution is -2.55. The van der Waals surface area contributed by atoms with Gasteiger partial charge in [0.2, 0.25) is 0 Å². The lowest BCUT2D eigenvalue weighted by atomic mass is 10.1. The average Bonchev–Trinajstić information content (AvgIpc) is 2.73. The Morgan fingerprint density at radius 1 is 0.400 bits per heavy atom. The standard InChI is InChI=1S/C27H33N3/c1-19-7-10-25(13-22(19)4)28-16-29(26-11-8-20(2)23(5)14-26)18-30(17-28)27-12-9-21(3)24(6)15-27/h7-15H,16-18H2,1-6H3. The van der Waals surface area contributed by atoms with E-state index in [2.05, 4.69) is 111 Å². The molecule has 1 aliphatic heterocycles. The van der Waals surface area contributed by atoms with E-state index < -0.39 is 0 Å². The van der Waals surface area contributed by atoms with E-state index in [0.29, 0.717) is 0 Å². The lowest BCUT2D eigenvalue weighted by molar-refractivity contribution is 0.610. The summed E-state index contributed by atoms with van der Waals surface area (Å²) in [6.45, 7) is 15.8. The van der Waals surface area contributed by atoms with Crippen molar-refractivity contribution in [3.8, 4) is 0 Å². The Morgan fingerprint density at radius 2 is 0.667 bits per heavy atom. The van der Waals surface area contributed by atoms with Gasteiger partial charge in [-0.15, -0.1) is 0 Å². The predicted molar refractivity (Wildman–Crippen MR) is 130 cm³/mol. The molecule has 3 aromatic rings. The summed E-state index contributed by atoms with van der Waals surface area (Å²) >= 11 is 0. The lowest BCUT2D eigenvalue weighted by Gasteiger charge is -2.45. The van der Waals surface area contributed by atoms with Gasteiger partial charge >= 0.3 is 0 Å². The largest absolute Gasteiger partial charge is 0.336 e. The molecule has 0 saturated carbocycles. The minimum atomic E-state index is 0.881. The summed E-state index contributed by atoms with van der Waals surface area (Å²) < 4.78 is 0. The van der Waals surface area contributed by atoms with Crippen LogP contribution in [0.3, 0.4) is 0 Å². The van der Waals surface area contributed by atoms with Gasteiger partial charge in [-0.05, 0) is 111 Å². The molecule has 1 saturated heterocycles. The summed E-state index contributed by atoms with van der Waals surface area (Å²) in [4.78, 5) is 7.42. The van der Waals surface area contributed by atoms with Gasteiger partial charge in [-0.3, -0.25) is 0 Å². The summed E-state index contributed by atoms with van der Waals surface area (Å²) in [6.07, 6.45) is 0. The molecule has 30 heavy (non-hydrogen) atoms. The number of nitrogens with zero attached hydrogens (tertiary/aromatic N) is 3. The minimum Gasteiger partial charge on any atom is -0.336 e. The topological polar surface area (TPSA) is 9.72 Å². The van der Waals surface area contributed by atoms with Crippen LogP contribution in [0.15, 0.2) is 54.6 Å². The highest BCUT2D eigenvalue weighted by molar-refractivity contribution is 5.61. The zero-order valence-electron chi connectivity index (χ0n) is 19.2. The molecule has 3 nitrogen and oxygen atoms in total. The Hall–Kier alpha value is -2.94. The van der Waals surface area contributed by atoms with Crippen molar-refractivity contribution in [1.82, 2.24) is 0 Å². The first kappa shape index (κ1) is 20.3. The van der Waals surface area contributed by atoms with Crippen LogP contribution >= 0.6 is 0 Å². The molecule has 3 aromatic carbocycles. The van der Waals surface area contributed by atoms with Crippen molar-refractivity contribution < 1.29 is 0 Å². The van der Waals surface area contributed by atoms with E-state index in [1.807, 2.05) is 0 Å². The number of rotatable bonds is 3. The summed E-state index contributed by atoms with van der Waals surface area (Å²) in [7, 11) is 0. The van der Waals surface area contributed by atoms with E-state index in [9.17, 15) is 0 Å². The Morgan fingerprint density at radius 3 is 0.900 bits per heavy atom. The number of hydrogen-bond acceptors (Lipinski definition) is 3. The molecular formula is C27H33N3. The molecule has 4 rings (SSSR count). The van der Waals surface area contributed by atoms with Crippen molar-refractivity contribution in [3.05, 3.63) is 88.0 Å². The van der Waals surface area contributed by atoms with Crippen LogP contribution in [0.5, 0.6) is 0 Å². The first-order valence-electron chi connectivity index (χ1n) is 10.8. The summed E-state index contributed by atoms with van der Waals surface area (Å²) in [5, 5.41) is 0. The first-order chi connectivity index (χ1) is 14.3. The van der Waals surface area contributed by atoms with E-state index in [4.69, 9.17) is 0 Å². The minimum absolute atomic E-state index is 0.881. The second kappa shape index (κ2) is 8.06. The number of hydrogen-bond donors (Lipinski definition) is 0. The predicted octanol–water partition coefficient (Wildman–Crippen LogP) is 6.24. The smallest absolute Gasteiger partial charge is 0.0937 e. The number of anilines is 3. The van der Waals surface area contributed by atoms with Crippen molar-refractivity contribution in [2.24, 2.45) is 0 Å². The van der Waals surface area contributed by atoms with Gasteiger partial charge in [0.1, 0.15) is 0 Å². The van der Waals surface area contributed by atoms with E-state index in [1.54, 1.807) is 0 Å². The van der Waals surface area contributed by atoms with Gasteiger partial charge in [0.05, 0.1) is 20.0 Å². The highest BCUT2D eigenvalue weighted by atomic mass is 15.5. The highest BCUT2D eigenvalue weighted by Gasteiger charge is 2.25. The van der Waals surface area contributed by atoms with Crippen LogP contribution in [-0.4, -0.2) is 20.0 Å². The van der Waals surface area contributed by atoms with Crippen LogP contribution < -0.4 is 14.7 Å². The van der Waals surface area contributed by atoms with Crippen LogP contribution in [0.4, 0.5) is 17.1 Å². The van der Waals surface area contributed by atoms with Gasteiger partial charge in [-0.1, -0.05) is 18.2 Å². The van der Waals surface area contributed by atoms with Crippen molar-refractivity contribution in [2.75, 3.05) is 34.7 Å². The van der Waals surface area contributed by atoms with Crippen LogP contribution in [0.2, 0.25) is 0 Å². The zero-order valence-corrected chi connectivity index (χ0v) is 19.2. The Labute approximate surface area is 181 Å². The summed E-state index contributed by atoms with van der Waals surface area (Å²) in [5.41, 5.74) is 11.9. The third kappa shape index (κ3) is 4.02. The molecule has 0 bridgehead atoms. The van der Waals surface area contributed by atoms with Gasteiger partial charge in [-0.25, -0.2) is 0 Å². The maximum absolute atomic E-state index is 2.47. The fourth-order valence-corrected chi connectivity index (χ4v) is 4.01. The average molecular weight is 400 g/mol. The fourth-order valence-electron chi connectivity index (χ4n) is 4.01. The van der Waals surface area contributed by atoms with E-state index in [1.165, 1.54) is 50.4 Å². The van der Waals surface area contributed by atoms with Crippen molar-refractivity contribution in [3.63, 3.8) is 0 Å². The van der Waals surface area contributed by atoms with E-state index >= 15 is 0 Å². The van der Waals surface area contributed by atoms with Gasteiger partial charge in [0.25, 0.3) is 0 Å². The molecule has 0 spiro atoms. The number of benzene rings is 3. The second-order valence-electron chi connectivity index (χ2n) is 8.85. The number of aryl methyl sites for hydroxylation is 6. The quantitative estimate of drug-likeness (QED) is 0.516. The highest BCUT2D eigenvalue weighted by Crippen LogP contribution is 2.29. The maximum Gasteiger partial charge on any atom is 0.0937 e. The summed E-state index contributed by atoms with van der Waals surface area (Å²) in [6, 6.07) is 20.4. The summed E-state index contributed by atoms with van der Waals surface area (Å²) in [5.74, 6) is 0. The Kier molecular flexibility index (Phi) is 5.46. The Balaban J connectivity index is 1.72. The molecule has 0 radical (unpaired) electrons. The molecule has 0 unspecified atom stereocenters. The van der Waals surface area contributed by atoms with Crippen LogP contribution in [0.25, 0.3) is 0 Å². The van der Waals surface area contributed by atoms with Crippen LogP contribution in [0.1, 0.15) is 33.4 Å². The molecule has 0 aliphatic carbocycles. The van der Waals surface area contributed by atoms with Gasteiger partial charge < -0.3 is 14.7 Å². The molecule has 0 N–H and O–H groups in total. The fraction of sp³-hybridized carbons (Fsp3) is 0.333. The Bertz CT molecular complexity index is 927. The first-order valence-corrected chi connectivity index (χ1v) is 10.8. The van der Waals surface area contributed by atoms with Crippen LogP contribution in [0, 0.1) is 41.5 Å². The normalized spacial score (nSPS) is 14.4. The van der Waals surface area contributed by atoms with E-state index in [-0.39, 0.29) is 0 Å². The molecule has 3 heteroatoms. The van der Waals surface area contributed by atoms with Crippen LogP contribution in [-0.2, 0) is 0 Å². The molecule has 1 fully saturated rings. The molecule has 0 aromatic heterocycles. The third-order valence-corrected chi connectivity index (χ3v) is 6.59. The zero-order chi connectivity index (χ0) is 21.4. The molecule has 0 atom stereocenters. The molecule has 0 amide bonds. The molecular weight excluding hydrogens is 366 g/mol. The van der Waals surface area contributed by atoms with Crippen molar-refractivity contribution in [2.45, 2.75) is 41.5 Å². The van der Waals surface area contributed by atoms with Gasteiger partial charge in [0, 0.05) is 17.1 Å². The SMILES string of the molecule is Cc1ccc(N2CN(c3ccc(C)c(C)c3)CN(c3ccc(C)c(C)c3)C2)cc1C. The second-order valence-corrected chi connectivity index (χ2v) is 8.85. The third-order valence-electron chi connectivity index (χ3n) is 6.59. The molecule has 1 heterocycles. The maximum atomic E-state index is 2.47. The molecule has 156 valence electrons. The van der Waals surface area contributed by atoms with Gasteiger partial charge in [-0.2, -0.15) is 0 Å². The van der Waals surface area contributed by atoms with Gasteiger partial charge in [0.15, 0.2) is 0 Å². The van der Waals surface area contributed by atoms with E-state index in [0.717, 1.165) is 20.0 Å². The van der Waals surface area contributed by atoms with Crippen molar-refractivity contribution in [1.29, 1.82) is 0 Å². The van der Waals surface area contributed by atoms with Crippen molar-refractivity contribution >= 4 is 17.1 Å². The monoisotopic (exact) mass is 399 g/mol. The molecule has 1 aliphatic rings.